The quantitative estimate of drug-likeness (QED) is 0.559. The SMILES string of the molecule is COc1ccc2ccc(=O)n(CCN3CC[C@H]4[C@@H](C3)OC(=O)N4c3ccc4c(n3)NC(=O)CO4)c2n1. The van der Waals surface area contributed by atoms with Crippen LogP contribution < -0.4 is 25.2 Å². The van der Waals surface area contributed by atoms with Gasteiger partial charge in [0.2, 0.25) is 5.88 Å². The van der Waals surface area contributed by atoms with E-state index in [9.17, 15) is 14.4 Å². The highest BCUT2D eigenvalue weighted by Gasteiger charge is 2.46. The van der Waals surface area contributed by atoms with Crippen LogP contribution >= 0.6 is 0 Å². The summed E-state index contributed by atoms with van der Waals surface area (Å²) in [4.78, 5) is 49.7. The van der Waals surface area contributed by atoms with Crippen LogP contribution in [0.15, 0.2) is 41.2 Å². The van der Waals surface area contributed by atoms with Gasteiger partial charge in [-0.25, -0.2) is 9.78 Å². The smallest absolute Gasteiger partial charge is 0.416 e. The number of anilines is 2. The van der Waals surface area contributed by atoms with E-state index in [1.807, 2.05) is 6.07 Å². The Hall–Kier alpha value is -4.19. The maximum atomic E-state index is 12.8. The molecule has 36 heavy (non-hydrogen) atoms. The average Bonchev–Trinajstić information content (AvgIpc) is 3.22. The molecule has 12 nitrogen and oxygen atoms in total. The molecule has 1 N–H and O–H groups in total. The highest BCUT2D eigenvalue weighted by molar-refractivity contribution is 5.95. The third-order valence-corrected chi connectivity index (χ3v) is 6.75. The number of amides is 2. The van der Waals surface area contributed by atoms with Crippen molar-refractivity contribution in [3.05, 3.63) is 46.8 Å². The van der Waals surface area contributed by atoms with Crippen LogP contribution in [0.1, 0.15) is 6.42 Å². The van der Waals surface area contributed by atoms with E-state index in [1.165, 1.54) is 0 Å². The van der Waals surface area contributed by atoms with E-state index in [0.29, 0.717) is 55.0 Å². The van der Waals surface area contributed by atoms with E-state index in [-0.39, 0.29) is 30.2 Å². The van der Waals surface area contributed by atoms with Gasteiger partial charge in [-0.3, -0.25) is 24.0 Å². The Labute approximate surface area is 205 Å². The van der Waals surface area contributed by atoms with Gasteiger partial charge in [0.05, 0.1) is 13.2 Å². The summed E-state index contributed by atoms with van der Waals surface area (Å²) >= 11 is 0. The molecule has 0 bridgehead atoms. The predicted octanol–water partition coefficient (Wildman–Crippen LogP) is 1.23. The Morgan fingerprint density at radius 3 is 2.81 bits per heavy atom. The summed E-state index contributed by atoms with van der Waals surface area (Å²) < 4.78 is 17.9. The normalized spacial score (nSPS) is 21.4. The second-order valence-electron chi connectivity index (χ2n) is 8.89. The van der Waals surface area contributed by atoms with Crippen LogP contribution in [0.25, 0.3) is 11.0 Å². The number of aromatic nitrogens is 3. The van der Waals surface area contributed by atoms with E-state index in [0.717, 1.165) is 11.9 Å². The zero-order chi connectivity index (χ0) is 24.8. The first kappa shape index (κ1) is 22.3. The standard InChI is InChI=1S/C24H24N6O6/c1-34-20-6-2-14-3-7-21(32)29(23(14)27-20)11-10-28-9-8-15-17(12-28)36-24(33)30(15)18-5-4-16-22(25-18)26-19(31)13-35-16/h2-7,15,17H,8-13H2,1H3,(H,25,26,31)/t15-,17+/m0/s1. The largest absolute Gasteiger partial charge is 0.481 e. The molecule has 2 atom stereocenters. The van der Waals surface area contributed by atoms with Crippen LogP contribution in [0.4, 0.5) is 16.4 Å². The molecule has 2 fully saturated rings. The minimum Gasteiger partial charge on any atom is -0.481 e. The lowest BCUT2D eigenvalue weighted by Crippen LogP contribution is -2.50. The van der Waals surface area contributed by atoms with E-state index >= 15 is 0 Å². The van der Waals surface area contributed by atoms with Crippen molar-refractivity contribution in [1.82, 2.24) is 19.4 Å². The molecule has 2 amide bonds. The average molecular weight is 492 g/mol. The van der Waals surface area contributed by atoms with Gasteiger partial charge in [0.1, 0.15) is 17.6 Å². The summed E-state index contributed by atoms with van der Waals surface area (Å²) in [6.45, 7) is 2.23. The Kier molecular flexibility index (Phi) is 5.44. The number of ether oxygens (including phenoxy) is 3. The van der Waals surface area contributed by atoms with Gasteiger partial charge in [0.15, 0.2) is 18.2 Å². The summed E-state index contributed by atoms with van der Waals surface area (Å²) in [6.07, 6.45) is -0.129. The maximum absolute atomic E-state index is 12.8. The molecule has 0 unspecified atom stereocenters. The summed E-state index contributed by atoms with van der Waals surface area (Å²) in [7, 11) is 1.54. The molecule has 0 radical (unpaired) electrons. The molecule has 6 rings (SSSR count). The highest BCUT2D eigenvalue weighted by Crippen LogP contribution is 2.34. The van der Waals surface area contributed by atoms with Crippen LogP contribution in [-0.4, -0.2) is 76.9 Å². The summed E-state index contributed by atoms with van der Waals surface area (Å²) in [5, 5.41) is 3.53. The number of piperidine rings is 1. The lowest BCUT2D eigenvalue weighted by molar-refractivity contribution is -0.118. The van der Waals surface area contributed by atoms with Crippen molar-refractivity contribution in [1.29, 1.82) is 0 Å². The third-order valence-electron chi connectivity index (χ3n) is 6.75. The number of hydrogen-bond acceptors (Lipinski definition) is 9. The van der Waals surface area contributed by atoms with E-state index in [4.69, 9.17) is 14.2 Å². The van der Waals surface area contributed by atoms with Crippen molar-refractivity contribution in [2.75, 3.05) is 43.6 Å². The molecule has 0 aliphatic carbocycles. The topological polar surface area (TPSA) is 128 Å². The number of hydrogen-bond donors (Lipinski definition) is 1. The van der Waals surface area contributed by atoms with Gasteiger partial charge in [-0.2, -0.15) is 4.98 Å². The lowest BCUT2D eigenvalue weighted by atomic mass is 10.0. The van der Waals surface area contributed by atoms with E-state index in [2.05, 4.69) is 20.2 Å². The third kappa shape index (κ3) is 3.88. The Morgan fingerprint density at radius 1 is 1.08 bits per heavy atom. The van der Waals surface area contributed by atoms with Crippen molar-refractivity contribution >= 4 is 34.7 Å². The molecule has 0 aromatic carbocycles. The molecule has 3 aliphatic rings. The highest BCUT2D eigenvalue weighted by atomic mass is 16.6. The van der Waals surface area contributed by atoms with Crippen LogP contribution in [0.3, 0.4) is 0 Å². The number of rotatable bonds is 5. The van der Waals surface area contributed by atoms with Crippen molar-refractivity contribution in [2.45, 2.75) is 25.1 Å². The minimum absolute atomic E-state index is 0.0607. The maximum Gasteiger partial charge on any atom is 0.416 e. The minimum atomic E-state index is -0.469. The molecule has 3 aromatic rings. The fourth-order valence-electron chi connectivity index (χ4n) is 4.97. The first-order valence-corrected chi connectivity index (χ1v) is 11.7. The number of fused-ring (bicyclic) bond motifs is 3. The van der Waals surface area contributed by atoms with Gasteiger partial charge in [-0.1, -0.05) is 0 Å². The lowest BCUT2D eigenvalue weighted by Gasteiger charge is -2.35. The Bertz CT molecular complexity index is 1420. The van der Waals surface area contributed by atoms with Gasteiger partial charge >= 0.3 is 6.09 Å². The van der Waals surface area contributed by atoms with Crippen molar-refractivity contribution < 1.29 is 23.8 Å². The fourth-order valence-corrected chi connectivity index (χ4v) is 4.97. The number of methoxy groups -OCH3 is 1. The first-order valence-electron chi connectivity index (χ1n) is 11.7. The number of nitrogens with zero attached hydrogens (tertiary/aromatic N) is 5. The van der Waals surface area contributed by atoms with Gasteiger partial charge < -0.3 is 19.5 Å². The van der Waals surface area contributed by atoms with Gasteiger partial charge in [-0.15, -0.1) is 0 Å². The molecule has 0 spiro atoms. The Balaban J connectivity index is 1.16. The van der Waals surface area contributed by atoms with Crippen LogP contribution in [0, 0.1) is 0 Å². The van der Waals surface area contributed by atoms with E-state index in [1.54, 1.807) is 46.9 Å². The molecular formula is C24H24N6O6. The zero-order valence-electron chi connectivity index (χ0n) is 19.5. The number of likely N-dealkylation sites (tertiary alicyclic amines) is 1. The van der Waals surface area contributed by atoms with Gasteiger partial charge in [-0.05, 0) is 30.7 Å². The first-order chi connectivity index (χ1) is 17.5. The predicted molar refractivity (Wildman–Crippen MR) is 129 cm³/mol. The molecule has 12 heteroatoms. The molecule has 3 aliphatic heterocycles. The van der Waals surface area contributed by atoms with Crippen molar-refractivity contribution in [3.63, 3.8) is 0 Å². The van der Waals surface area contributed by atoms with Gasteiger partial charge in [0, 0.05) is 43.7 Å². The molecular weight excluding hydrogens is 468 g/mol. The fraction of sp³-hybridized carbons (Fsp3) is 0.375. The summed E-state index contributed by atoms with van der Waals surface area (Å²) in [5.41, 5.74) is 0.441. The number of pyridine rings is 3. The van der Waals surface area contributed by atoms with Crippen LogP contribution in [0.5, 0.6) is 11.6 Å². The van der Waals surface area contributed by atoms with Crippen molar-refractivity contribution in [2.24, 2.45) is 0 Å². The molecule has 186 valence electrons. The molecule has 2 saturated heterocycles. The Morgan fingerprint density at radius 2 is 1.94 bits per heavy atom. The molecule has 6 heterocycles. The van der Waals surface area contributed by atoms with Crippen LogP contribution in [0.2, 0.25) is 0 Å². The number of nitrogens with one attached hydrogen (secondary N) is 1. The second-order valence-corrected chi connectivity index (χ2v) is 8.89. The monoisotopic (exact) mass is 492 g/mol. The second kappa shape index (κ2) is 8.79. The molecule has 3 aromatic heterocycles. The summed E-state index contributed by atoms with van der Waals surface area (Å²) in [6, 6.07) is 10.1. The molecule has 0 saturated carbocycles. The van der Waals surface area contributed by atoms with Gasteiger partial charge in [0.25, 0.3) is 11.5 Å². The summed E-state index contributed by atoms with van der Waals surface area (Å²) in [5.74, 6) is 1.33. The zero-order valence-corrected chi connectivity index (χ0v) is 19.5. The number of carbonyl (C=O) groups is 2. The van der Waals surface area contributed by atoms with Crippen LogP contribution in [-0.2, 0) is 16.1 Å². The van der Waals surface area contributed by atoms with E-state index < -0.39 is 6.09 Å². The number of carbonyl (C=O) groups excluding carboxylic acids is 2. The van der Waals surface area contributed by atoms with Crippen molar-refractivity contribution in [3.8, 4) is 11.6 Å².